The molecule has 1 amide bonds. The number of hydrogen-bond acceptors (Lipinski definition) is 4. The van der Waals surface area contributed by atoms with Gasteiger partial charge in [-0.15, -0.1) is 0 Å². The molecule has 1 N–H and O–H groups in total. The van der Waals surface area contributed by atoms with Gasteiger partial charge in [0.2, 0.25) is 0 Å². The first-order chi connectivity index (χ1) is 8.15. The third-order valence-electron chi connectivity index (χ3n) is 2.08. The summed E-state index contributed by atoms with van der Waals surface area (Å²) in [6.45, 7) is 0.388. The van der Waals surface area contributed by atoms with E-state index >= 15 is 0 Å². The van der Waals surface area contributed by atoms with Crippen LogP contribution in [-0.4, -0.2) is 30.5 Å². The SMILES string of the molecule is COC(=O)CCCNC(=O)c1cnccc1Cl. The Balaban J connectivity index is 2.36. The summed E-state index contributed by atoms with van der Waals surface area (Å²) in [5.41, 5.74) is 0.326. The molecule has 6 heteroatoms. The van der Waals surface area contributed by atoms with Crippen molar-refractivity contribution in [1.29, 1.82) is 0 Å². The molecule has 0 aliphatic heterocycles. The number of methoxy groups -OCH3 is 1. The van der Waals surface area contributed by atoms with Gasteiger partial charge in [0.05, 0.1) is 17.7 Å². The van der Waals surface area contributed by atoms with Crippen molar-refractivity contribution < 1.29 is 14.3 Å². The zero-order valence-electron chi connectivity index (χ0n) is 9.40. The average Bonchev–Trinajstić information content (AvgIpc) is 2.34. The van der Waals surface area contributed by atoms with Gasteiger partial charge >= 0.3 is 5.97 Å². The van der Waals surface area contributed by atoms with Gasteiger partial charge < -0.3 is 10.1 Å². The fraction of sp³-hybridized carbons (Fsp3) is 0.364. The summed E-state index contributed by atoms with van der Waals surface area (Å²) in [5, 5.41) is 3.00. The number of nitrogens with one attached hydrogen (secondary N) is 1. The van der Waals surface area contributed by atoms with Crippen LogP contribution in [0.4, 0.5) is 0 Å². The van der Waals surface area contributed by atoms with Crippen LogP contribution in [0.5, 0.6) is 0 Å². The lowest BCUT2D eigenvalue weighted by molar-refractivity contribution is -0.140. The van der Waals surface area contributed by atoms with Crippen LogP contribution in [0.25, 0.3) is 0 Å². The lowest BCUT2D eigenvalue weighted by Gasteiger charge is -2.05. The lowest BCUT2D eigenvalue weighted by atomic mass is 10.2. The van der Waals surface area contributed by atoms with Crippen LogP contribution >= 0.6 is 11.6 Å². The van der Waals surface area contributed by atoms with Crippen molar-refractivity contribution in [3.63, 3.8) is 0 Å². The summed E-state index contributed by atoms with van der Waals surface area (Å²) in [4.78, 5) is 26.3. The number of rotatable bonds is 5. The number of pyridine rings is 1. The molecule has 17 heavy (non-hydrogen) atoms. The number of ether oxygens (including phenoxy) is 1. The third-order valence-corrected chi connectivity index (χ3v) is 2.41. The summed E-state index contributed by atoms with van der Waals surface area (Å²) in [5.74, 6) is -0.591. The van der Waals surface area contributed by atoms with Gasteiger partial charge in [0.1, 0.15) is 0 Å². The van der Waals surface area contributed by atoms with E-state index in [0.29, 0.717) is 23.6 Å². The first-order valence-corrected chi connectivity index (χ1v) is 5.47. The standard InChI is InChI=1S/C11H13ClN2O3/c1-17-10(15)3-2-5-14-11(16)8-7-13-6-4-9(8)12/h4,6-7H,2-3,5H2,1H3,(H,14,16). The Morgan fingerprint density at radius 2 is 2.29 bits per heavy atom. The third kappa shape index (κ3) is 4.40. The van der Waals surface area contributed by atoms with Crippen molar-refractivity contribution in [2.45, 2.75) is 12.8 Å². The summed E-state index contributed by atoms with van der Waals surface area (Å²) in [7, 11) is 1.33. The van der Waals surface area contributed by atoms with E-state index in [1.54, 1.807) is 6.07 Å². The topological polar surface area (TPSA) is 68.3 Å². The molecule has 0 bridgehead atoms. The van der Waals surface area contributed by atoms with Crippen LogP contribution in [0.15, 0.2) is 18.5 Å². The second-order valence-corrected chi connectivity index (χ2v) is 3.70. The molecule has 0 aliphatic carbocycles. The van der Waals surface area contributed by atoms with Crippen molar-refractivity contribution in [3.05, 3.63) is 29.0 Å². The van der Waals surface area contributed by atoms with Crippen LogP contribution in [0.3, 0.4) is 0 Å². The van der Waals surface area contributed by atoms with Gasteiger partial charge in [-0.05, 0) is 12.5 Å². The average molecular weight is 257 g/mol. The molecule has 0 radical (unpaired) electrons. The molecule has 1 heterocycles. The molecule has 1 rings (SSSR count). The number of esters is 1. The zero-order chi connectivity index (χ0) is 12.7. The number of halogens is 1. The minimum Gasteiger partial charge on any atom is -0.469 e. The molecule has 0 aliphatic rings. The molecule has 0 spiro atoms. The Morgan fingerprint density at radius 3 is 2.94 bits per heavy atom. The molecule has 1 aromatic rings. The quantitative estimate of drug-likeness (QED) is 0.639. The number of carbonyl (C=O) groups excluding carboxylic acids is 2. The first kappa shape index (κ1) is 13.4. The van der Waals surface area contributed by atoms with Crippen molar-refractivity contribution in [1.82, 2.24) is 10.3 Å². The molecule has 0 atom stereocenters. The molecule has 0 saturated heterocycles. The monoisotopic (exact) mass is 256 g/mol. The van der Waals surface area contributed by atoms with Crippen molar-refractivity contribution in [2.24, 2.45) is 0 Å². The van der Waals surface area contributed by atoms with Crippen LogP contribution < -0.4 is 5.32 Å². The highest BCUT2D eigenvalue weighted by molar-refractivity contribution is 6.33. The fourth-order valence-electron chi connectivity index (χ4n) is 1.18. The van der Waals surface area contributed by atoms with Crippen LogP contribution in [0, 0.1) is 0 Å². The molecule has 92 valence electrons. The highest BCUT2D eigenvalue weighted by atomic mass is 35.5. The Bertz CT molecular complexity index is 409. The number of carbonyl (C=O) groups is 2. The van der Waals surface area contributed by atoms with E-state index in [2.05, 4.69) is 15.0 Å². The maximum absolute atomic E-state index is 11.6. The van der Waals surface area contributed by atoms with Crippen LogP contribution in [0.1, 0.15) is 23.2 Å². The van der Waals surface area contributed by atoms with Gasteiger partial charge in [-0.1, -0.05) is 11.6 Å². The Kier molecular flexibility index (Phi) is 5.42. The van der Waals surface area contributed by atoms with Crippen LogP contribution in [0.2, 0.25) is 5.02 Å². The smallest absolute Gasteiger partial charge is 0.305 e. The molecule has 0 fully saturated rings. The number of hydrogen-bond donors (Lipinski definition) is 1. The van der Waals surface area contributed by atoms with Crippen LogP contribution in [-0.2, 0) is 9.53 Å². The van der Waals surface area contributed by atoms with E-state index in [9.17, 15) is 9.59 Å². The highest BCUT2D eigenvalue weighted by Crippen LogP contribution is 2.12. The largest absolute Gasteiger partial charge is 0.469 e. The fourth-order valence-corrected chi connectivity index (χ4v) is 1.37. The second-order valence-electron chi connectivity index (χ2n) is 3.29. The van der Waals surface area contributed by atoms with Gasteiger partial charge in [0, 0.05) is 25.4 Å². The summed E-state index contributed by atoms with van der Waals surface area (Å²) >= 11 is 5.83. The Morgan fingerprint density at radius 1 is 1.53 bits per heavy atom. The molecule has 0 saturated carbocycles. The molecular formula is C11H13ClN2O3. The van der Waals surface area contributed by atoms with Gasteiger partial charge in [-0.2, -0.15) is 0 Å². The van der Waals surface area contributed by atoms with Crippen molar-refractivity contribution in [3.8, 4) is 0 Å². The first-order valence-electron chi connectivity index (χ1n) is 5.09. The predicted octanol–water partition coefficient (Wildman–Crippen LogP) is 1.42. The predicted molar refractivity (Wildman–Crippen MR) is 62.8 cm³/mol. The molecule has 5 nitrogen and oxygen atoms in total. The van der Waals surface area contributed by atoms with E-state index in [0.717, 1.165) is 0 Å². The maximum atomic E-state index is 11.6. The minimum atomic E-state index is -0.298. The summed E-state index contributed by atoms with van der Waals surface area (Å²) in [6, 6.07) is 1.55. The highest BCUT2D eigenvalue weighted by Gasteiger charge is 2.09. The van der Waals surface area contributed by atoms with E-state index in [1.807, 2.05) is 0 Å². The van der Waals surface area contributed by atoms with E-state index < -0.39 is 0 Å². The van der Waals surface area contributed by atoms with E-state index in [1.165, 1.54) is 19.5 Å². The van der Waals surface area contributed by atoms with E-state index in [4.69, 9.17) is 11.6 Å². The lowest BCUT2D eigenvalue weighted by Crippen LogP contribution is -2.25. The maximum Gasteiger partial charge on any atom is 0.305 e. The molecule has 1 aromatic heterocycles. The van der Waals surface area contributed by atoms with Crippen molar-refractivity contribution >= 4 is 23.5 Å². The number of amides is 1. The minimum absolute atomic E-state index is 0.275. The molecule has 0 unspecified atom stereocenters. The Labute approximate surface area is 104 Å². The number of nitrogens with zero attached hydrogens (tertiary/aromatic N) is 1. The van der Waals surface area contributed by atoms with Gasteiger partial charge in [0.25, 0.3) is 5.91 Å². The van der Waals surface area contributed by atoms with Gasteiger partial charge in [0.15, 0.2) is 0 Å². The summed E-state index contributed by atoms with van der Waals surface area (Å²) in [6.07, 6.45) is 3.71. The summed E-state index contributed by atoms with van der Waals surface area (Å²) < 4.78 is 4.48. The molecular weight excluding hydrogens is 244 g/mol. The second kappa shape index (κ2) is 6.85. The van der Waals surface area contributed by atoms with Gasteiger partial charge in [-0.3, -0.25) is 14.6 Å². The van der Waals surface area contributed by atoms with Gasteiger partial charge in [-0.25, -0.2) is 0 Å². The molecule has 0 aromatic carbocycles. The van der Waals surface area contributed by atoms with E-state index in [-0.39, 0.29) is 18.3 Å². The Hall–Kier alpha value is -1.62. The zero-order valence-corrected chi connectivity index (χ0v) is 10.2. The number of aromatic nitrogens is 1. The normalized spacial score (nSPS) is 9.76. The van der Waals surface area contributed by atoms with Crippen molar-refractivity contribution in [2.75, 3.05) is 13.7 Å².